The molecule has 6 rings (SSSR count). The summed E-state index contributed by atoms with van der Waals surface area (Å²) in [5.41, 5.74) is 1.58. The third-order valence-corrected chi connectivity index (χ3v) is 6.59. The maximum atomic E-state index is 13.9. The highest BCUT2D eigenvalue weighted by Gasteiger charge is 2.60. The summed E-state index contributed by atoms with van der Waals surface area (Å²) in [4.78, 5) is 34.8. The number of imide groups is 1. The first kappa shape index (κ1) is 23.1. The third-order valence-electron chi connectivity index (χ3n) is 6.59. The van der Waals surface area contributed by atoms with Gasteiger partial charge >= 0.3 is 6.36 Å². The normalized spacial score (nSPS) is 21.5. The van der Waals surface area contributed by atoms with E-state index in [0.717, 1.165) is 15.7 Å². The zero-order chi connectivity index (χ0) is 25.7. The van der Waals surface area contributed by atoms with Crippen LogP contribution in [0.5, 0.6) is 5.75 Å². The van der Waals surface area contributed by atoms with Crippen molar-refractivity contribution in [3.05, 3.63) is 103 Å². The Bertz CT molecular complexity index is 1490. The number of rotatable bonds is 4. The summed E-state index contributed by atoms with van der Waals surface area (Å²) in [5.74, 6) is -2.23. The number of benzene rings is 4. The highest BCUT2D eigenvalue weighted by Crippen LogP contribution is 2.48. The van der Waals surface area contributed by atoms with Crippen molar-refractivity contribution in [2.75, 3.05) is 9.96 Å². The minimum absolute atomic E-state index is 0.385. The molecule has 6 nitrogen and oxygen atoms in total. The van der Waals surface area contributed by atoms with Gasteiger partial charge in [-0.2, -0.15) is 0 Å². The molecule has 4 aromatic rings. The molecule has 0 aliphatic carbocycles. The Kier molecular flexibility index (Phi) is 5.38. The molecule has 0 bridgehead atoms. The second-order valence-corrected chi connectivity index (χ2v) is 8.78. The molecule has 0 saturated carbocycles. The van der Waals surface area contributed by atoms with Crippen molar-refractivity contribution in [3.63, 3.8) is 0 Å². The number of carbonyl (C=O) groups excluding carboxylic acids is 2. The molecule has 2 aliphatic rings. The van der Waals surface area contributed by atoms with E-state index in [-0.39, 0.29) is 5.75 Å². The zero-order valence-corrected chi connectivity index (χ0v) is 19.1. The standard InChI is InChI=1S/C28H19F3N2O4/c29-28(30,31)36-20-15-13-18(14-16-20)24-23-25(37-33(24)19-9-2-1-3-10-19)27(35)32(26(23)34)22-12-6-8-17-7-4-5-11-21(17)22/h1-16,23-25H/t23-,24+,25-/m1/s1. The van der Waals surface area contributed by atoms with Gasteiger partial charge in [-0.25, -0.2) is 9.96 Å². The molecule has 2 amide bonds. The number of fused-ring (bicyclic) bond motifs is 2. The van der Waals surface area contributed by atoms with E-state index in [1.165, 1.54) is 29.3 Å². The fraction of sp³-hybridized carbons (Fsp3) is 0.143. The van der Waals surface area contributed by atoms with Crippen molar-refractivity contribution in [3.8, 4) is 5.75 Å². The molecule has 4 aromatic carbocycles. The summed E-state index contributed by atoms with van der Waals surface area (Å²) in [7, 11) is 0. The molecule has 2 fully saturated rings. The lowest BCUT2D eigenvalue weighted by Gasteiger charge is -2.29. The summed E-state index contributed by atoms with van der Waals surface area (Å²) in [6, 6.07) is 26.3. The Labute approximate surface area is 209 Å². The Morgan fingerprint density at radius 3 is 2.16 bits per heavy atom. The number of hydrogen-bond acceptors (Lipinski definition) is 5. The van der Waals surface area contributed by atoms with Crippen molar-refractivity contribution < 1.29 is 32.3 Å². The average molecular weight is 504 g/mol. The fourth-order valence-electron chi connectivity index (χ4n) is 5.06. The quantitative estimate of drug-likeness (QED) is 0.330. The van der Waals surface area contributed by atoms with Crippen molar-refractivity contribution in [2.24, 2.45) is 5.92 Å². The number of anilines is 2. The van der Waals surface area contributed by atoms with Crippen LogP contribution in [-0.4, -0.2) is 24.3 Å². The van der Waals surface area contributed by atoms with Crippen LogP contribution in [0.4, 0.5) is 24.5 Å². The first-order chi connectivity index (χ1) is 17.8. The predicted octanol–water partition coefficient (Wildman–Crippen LogP) is 5.79. The largest absolute Gasteiger partial charge is 0.573 e. The second kappa shape index (κ2) is 8.63. The minimum Gasteiger partial charge on any atom is -0.406 e. The Hall–Kier alpha value is -4.37. The van der Waals surface area contributed by atoms with Gasteiger partial charge in [-0.05, 0) is 41.3 Å². The Morgan fingerprint density at radius 2 is 1.43 bits per heavy atom. The molecule has 2 aliphatic heterocycles. The van der Waals surface area contributed by atoms with E-state index in [1.807, 2.05) is 36.4 Å². The molecule has 0 radical (unpaired) electrons. The topological polar surface area (TPSA) is 59.1 Å². The van der Waals surface area contributed by atoms with Crippen molar-refractivity contribution in [1.29, 1.82) is 0 Å². The number of hydrogen-bond donors (Lipinski definition) is 0. The summed E-state index contributed by atoms with van der Waals surface area (Å²) < 4.78 is 42.0. The van der Waals surface area contributed by atoms with Gasteiger partial charge in [0.25, 0.3) is 5.91 Å². The minimum atomic E-state index is -4.83. The highest BCUT2D eigenvalue weighted by molar-refractivity contribution is 6.26. The van der Waals surface area contributed by atoms with Gasteiger partial charge in [-0.15, -0.1) is 13.2 Å². The van der Waals surface area contributed by atoms with Gasteiger partial charge in [0.15, 0.2) is 6.10 Å². The average Bonchev–Trinajstić information content (AvgIpc) is 3.40. The van der Waals surface area contributed by atoms with Gasteiger partial charge < -0.3 is 4.74 Å². The van der Waals surface area contributed by atoms with Crippen molar-refractivity contribution in [2.45, 2.75) is 18.5 Å². The van der Waals surface area contributed by atoms with Gasteiger partial charge in [0.05, 0.1) is 17.4 Å². The first-order valence-electron chi connectivity index (χ1n) is 11.5. The van der Waals surface area contributed by atoms with Crippen LogP contribution in [0.1, 0.15) is 11.6 Å². The Morgan fingerprint density at radius 1 is 0.757 bits per heavy atom. The number of halogens is 3. The maximum Gasteiger partial charge on any atom is 0.573 e. The molecule has 3 atom stereocenters. The van der Waals surface area contributed by atoms with E-state index in [4.69, 9.17) is 4.84 Å². The fourth-order valence-corrected chi connectivity index (χ4v) is 5.06. The van der Waals surface area contributed by atoms with Crippen molar-refractivity contribution >= 4 is 34.0 Å². The molecule has 186 valence electrons. The lowest BCUT2D eigenvalue weighted by atomic mass is 9.90. The number of nitrogens with zero attached hydrogens (tertiary/aromatic N) is 2. The highest BCUT2D eigenvalue weighted by atomic mass is 19.4. The SMILES string of the molecule is O=C1[C@H]2[C@@H](ON(c3ccccc3)[C@H]2c2ccc(OC(F)(F)F)cc2)C(=O)N1c1cccc2ccccc12. The maximum absolute atomic E-state index is 13.9. The van der Waals surface area contributed by atoms with E-state index in [0.29, 0.717) is 16.9 Å². The molecule has 2 heterocycles. The number of amides is 2. The molecular formula is C28H19F3N2O4. The monoisotopic (exact) mass is 504 g/mol. The molecule has 0 unspecified atom stereocenters. The molecule has 0 aromatic heterocycles. The van der Waals surface area contributed by atoms with Gasteiger partial charge in [-0.1, -0.05) is 66.7 Å². The molecular weight excluding hydrogens is 485 g/mol. The van der Waals surface area contributed by atoms with Crippen molar-refractivity contribution in [1.82, 2.24) is 0 Å². The van der Waals surface area contributed by atoms with Crippen LogP contribution in [-0.2, 0) is 14.4 Å². The van der Waals surface area contributed by atoms with Crippen LogP contribution >= 0.6 is 0 Å². The van der Waals surface area contributed by atoms with Crippen LogP contribution in [0.3, 0.4) is 0 Å². The summed E-state index contributed by atoms with van der Waals surface area (Å²) in [6.07, 6.45) is -5.92. The summed E-state index contributed by atoms with van der Waals surface area (Å²) in [6.45, 7) is 0. The predicted molar refractivity (Wildman–Crippen MR) is 130 cm³/mol. The van der Waals surface area contributed by atoms with Crippen LogP contribution in [0.25, 0.3) is 10.8 Å². The number of alkyl halides is 3. The summed E-state index contributed by atoms with van der Waals surface area (Å²) in [5, 5.41) is 3.11. The number of para-hydroxylation sites is 1. The molecule has 0 spiro atoms. The smallest absolute Gasteiger partial charge is 0.406 e. The van der Waals surface area contributed by atoms with E-state index < -0.39 is 36.2 Å². The van der Waals surface area contributed by atoms with Gasteiger partial charge in [0.2, 0.25) is 5.91 Å². The van der Waals surface area contributed by atoms with E-state index in [1.54, 1.807) is 36.4 Å². The molecule has 2 saturated heterocycles. The first-order valence-corrected chi connectivity index (χ1v) is 11.5. The van der Waals surface area contributed by atoms with Gasteiger partial charge in [0.1, 0.15) is 11.7 Å². The molecule has 37 heavy (non-hydrogen) atoms. The van der Waals surface area contributed by atoms with E-state index >= 15 is 0 Å². The molecule has 9 heteroatoms. The van der Waals surface area contributed by atoms with Crippen LogP contribution in [0.2, 0.25) is 0 Å². The number of carbonyl (C=O) groups is 2. The zero-order valence-electron chi connectivity index (χ0n) is 19.1. The van der Waals surface area contributed by atoms with Gasteiger partial charge in [-0.3, -0.25) is 14.4 Å². The van der Waals surface area contributed by atoms with E-state index in [2.05, 4.69) is 4.74 Å². The lowest BCUT2D eigenvalue weighted by molar-refractivity contribution is -0.274. The van der Waals surface area contributed by atoms with Crippen LogP contribution < -0.4 is 14.7 Å². The summed E-state index contributed by atoms with van der Waals surface area (Å²) >= 11 is 0. The number of ether oxygens (including phenoxy) is 1. The van der Waals surface area contributed by atoms with Crippen LogP contribution in [0, 0.1) is 5.92 Å². The Balaban J connectivity index is 1.42. The van der Waals surface area contributed by atoms with Gasteiger partial charge in [0, 0.05) is 5.39 Å². The van der Waals surface area contributed by atoms with E-state index in [9.17, 15) is 22.8 Å². The molecule has 0 N–H and O–H groups in total. The number of hydroxylamine groups is 1. The second-order valence-electron chi connectivity index (χ2n) is 8.78. The lowest BCUT2D eigenvalue weighted by Crippen LogP contribution is -2.37. The third kappa shape index (κ3) is 3.97. The van der Waals surface area contributed by atoms with Crippen LogP contribution in [0.15, 0.2) is 97.1 Å².